The Morgan fingerprint density at radius 2 is 1.31 bits per heavy atom. The van der Waals surface area contributed by atoms with Crippen molar-refractivity contribution in [3.8, 4) is 0 Å². The molecule has 0 aliphatic rings. The Labute approximate surface area is 83.4 Å². The topological polar surface area (TPSA) is 0 Å². The molecule has 0 aromatic rings. The van der Waals surface area contributed by atoms with Gasteiger partial charge in [0.1, 0.15) is 8.07 Å². The molecule has 0 spiro atoms. The van der Waals surface area contributed by atoms with Crippen molar-refractivity contribution in [2.75, 3.05) is 0 Å². The summed E-state index contributed by atoms with van der Waals surface area (Å²) in [5, 5.41) is 0. The molecule has 0 saturated carbocycles. The maximum atomic E-state index is 3.93. The maximum absolute atomic E-state index is 3.93. The third-order valence-electron chi connectivity index (χ3n) is 2.28. The Bertz CT molecular complexity index is 187. The summed E-state index contributed by atoms with van der Waals surface area (Å²) in [4.78, 5) is 0. The highest BCUT2D eigenvalue weighted by Gasteiger charge is 2.21. The molecular weight excluding hydrogens is 172 g/mol. The van der Waals surface area contributed by atoms with Crippen LogP contribution >= 0.6 is 0 Å². The van der Waals surface area contributed by atoms with Crippen LogP contribution in [0.3, 0.4) is 0 Å². The third kappa shape index (κ3) is 4.09. The molecule has 0 fully saturated rings. The van der Waals surface area contributed by atoms with Gasteiger partial charge in [0.05, 0.1) is 0 Å². The lowest BCUT2D eigenvalue weighted by molar-refractivity contribution is 1.45. The van der Waals surface area contributed by atoms with Crippen molar-refractivity contribution >= 4 is 8.07 Å². The highest BCUT2D eigenvalue weighted by atomic mass is 28.3. The number of rotatable bonds is 6. The molecule has 0 aromatic heterocycles. The van der Waals surface area contributed by atoms with Gasteiger partial charge in [-0.25, -0.2) is 0 Å². The van der Waals surface area contributed by atoms with E-state index in [2.05, 4.69) is 62.7 Å². The first-order valence-corrected chi connectivity index (χ1v) is 7.31. The van der Waals surface area contributed by atoms with Gasteiger partial charge in [-0.05, 0) is 25.9 Å². The van der Waals surface area contributed by atoms with Crippen molar-refractivity contribution in [1.82, 2.24) is 0 Å². The zero-order valence-electron chi connectivity index (χ0n) is 8.79. The van der Waals surface area contributed by atoms with Crippen LogP contribution in [0.1, 0.15) is 13.8 Å². The fraction of sp³-hybridized carbons (Fsp3) is 0.333. The zero-order valence-corrected chi connectivity index (χ0v) is 9.79. The highest BCUT2D eigenvalue weighted by molar-refractivity contribution is 6.89. The van der Waals surface area contributed by atoms with Crippen molar-refractivity contribution in [3.63, 3.8) is 0 Å². The maximum Gasteiger partial charge on any atom is 0.108 e. The summed E-state index contributed by atoms with van der Waals surface area (Å²) in [7, 11) is -1.43. The van der Waals surface area contributed by atoms with Crippen LogP contribution in [0.25, 0.3) is 0 Å². The van der Waals surface area contributed by atoms with E-state index in [9.17, 15) is 0 Å². The van der Waals surface area contributed by atoms with Crippen LogP contribution in [0.15, 0.2) is 48.9 Å². The monoisotopic (exact) mass is 192 g/mol. The summed E-state index contributed by atoms with van der Waals surface area (Å²) in [5.41, 5.74) is 4.25. The average molecular weight is 192 g/mol. The first-order chi connectivity index (χ1) is 6.24. The van der Waals surface area contributed by atoms with Crippen LogP contribution in [0.5, 0.6) is 0 Å². The van der Waals surface area contributed by atoms with Crippen LogP contribution in [0.4, 0.5) is 0 Å². The first-order valence-electron chi connectivity index (χ1n) is 4.74. The molecule has 1 heteroatoms. The van der Waals surface area contributed by atoms with Crippen molar-refractivity contribution in [1.29, 1.82) is 0 Å². The van der Waals surface area contributed by atoms with Crippen LogP contribution < -0.4 is 0 Å². The van der Waals surface area contributed by atoms with E-state index >= 15 is 0 Å². The van der Waals surface area contributed by atoms with E-state index in [1.165, 1.54) is 0 Å². The minimum atomic E-state index is -1.43. The Balaban J connectivity index is 4.47. The predicted molar refractivity (Wildman–Crippen MR) is 65.4 cm³/mol. The predicted octanol–water partition coefficient (Wildman–Crippen LogP) is 4.04. The summed E-state index contributed by atoms with van der Waals surface area (Å²) in [6.07, 6.45) is 8.65. The molecule has 0 atom stereocenters. The second kappa shape index (κ2) is 6.67. The molecule has 72 valence electrons. The summed E-state index contributed by atoms with van der Waals surface area (Å²) in [6.45, 7) is 12.0. The quantitative estimate of drug-likeness (QED) is 0.440. The smallest absolute Gasteiger partial charge is 0.107 e. The van der Waals surface area contributed by atoms with Gasteiger partial charge in [0.25, 0.3) is 0 Å². The molecule has 0 unspecified atom stereocenters. The lowest BCUT2D eigenvalue weighted by Gasteiger charge is -2.20. The van der Waals surface area contributed by atoms with Gasteiger partial charge in [0, 0.05) is 0 Å². The van der Waals surface area contributed by atoms with Crippen LogP contribution in [-0.2, 0) is 0 Å². The molecule has 0 N–H and O–H groups in total. The molecule has 0 aliphatic heterocycles. The molecule has 0 rings (SSSR count). The minimum absolute atomic E-state index is 1.13. The van der Waals surface area contributed by atoms with E-state index in [-0.39, 0.29) is 0 Å². The fourth-order valence-corrected chi connectivity index (χ4v) is 3.52. The van der Waals surface area contributed by atoms with Gasteiger partial charge >= 0.3 is 0 Å². The van der Waals surface area contributed by atoms with Gasteiger partial charge in [0.15, 0.2) is 0 Å². The highest BCUT2D eigenvalue weighted by Crippen LogP contribution is 2.19. The summed E-state index contributed by atoms with van der Waals surface area (Å²) >= 11 is 0. The molecule has 0 aromatic carbocycles. The number of hydrogen-bond acceptors (Lipinski definition) is 0. The first kappa shape index (κ1) is 12.2. The normalized spacial score (nSPS) is 12.5. The SMILES string of the molecule is C=C[Si](C=C)(C/C=C/C)C/C=C/C. The van der Waals surface area contributed by atoms with Crippen molar-refractivity contribution in [3.05, 3.63) is 48.9 Å². The Morgan fingerprint density at radius 1 is 0.923 bits per heavy atom. The minimum Gasteiger partial charge on any atom is -0.107 e. The lowest BCUT2D eigenvalue weighted by Crippen LogP contribution is -2.27. The average Bonchev–Trinajstić information content (AvgIpc) is 2.20. The van der Waals surface area contributed by atoms with E-state index < -0.39 is 8.07 Å². The van der Waals surface area contributed by atoms with Crippen molar-refractivity contribution < 1.29 is 0 Å². The standard InChI is InChI=1S/C12H20Si/c1-5-9-11-13(7-3,8-4)12-10-6-2/h5-10H,3-4,11-12H2,1-2H3/b9-5+,10-6+. The second-order valence-corrected chi connectivity index (χ2v) is 7.29. The molecule has 0 aliphatic carbocycles. The van der Waals surface area contributed by atoms with Crippen LogP contribution in [0, 0.1) is 0 Å². The van der Waals surface area contributed by atoms with E-state index in [4.69, 9.17) is 0 Å². The van der Waals surface area contributed by atoms with Gasteiger partial charge in [-0.15, -0.1) is 13.2 Å². The largest absolute Gasteiger partial charge is 0.108 e. The van der Waals surface area contributed by atoms with Gasteiger partial charge in [0.2, 0.25) is 0 Å². The molecule has 0 amide bonds. The fourth-order valence-electron chi connectivity index (χ4n) is 1.17. The Morgan fingerprint density at radius 3 is 1.54 bits per heavy atom. The zero-order chi connectivity index (χ0) is 10.2. The molecule has 0 bridgehead atoms. The van der Waals surface area contributed by atoms with E-state index in [0.29, 0.717) is 0 Å². The third-order valence-corrected chi connectivity index (χ3v) is 5.90. The molecule has 0 nitrogen and oxygen atoms in total. The van der Waals surface area contributed by atoms with Gasteiger partial charge in [-0.2, -0.15) is 0 Å². The molecule has 0 saturated heterocycles. The number of hydrogen-bond donors (Lipinski definition) is 0. The molecule has 0 heterocycles. The van der Waals surface area contributed by atoms with E-state index in [1.54, 1.807) is 0 Å². The Hall–Kier alpha value is -0.823. The van der Waals surface area contributed by atoms with Gasteiger partial charge in [-0.3, -0.25) is 0 Å². The van der Waals surface area contributed by atoms with Crippen LogP contribution in [-0.4, -0.2) is 8.07 Å². The van der Waals surface area contributed by atoms with Gasteiger partial charge < -0.3 is 0 Å². The van der Waals surface area contributed by atoms with E-state index in [1.807, 2.05) is 0 Å². The van der Waals surface area contributed by atoms with E-state index in [0.717, 1.165) is 12.1 Å². The summed E-state index contributed by atoms with van der Waals surface area (Å²) in [5.74, 6) is 0. The second-order valence-electron chi connectivity index (χ2n) is 3.19. The van der Waals surface area contributed by atoms with Gasteiger partial charge in [-0.1, -0.05) is 35.7 Å². The Kier molecular flexibility index (Phi) is 6.24. The molecule has 13 heavy (non-hydrogen) atoms. The molecular formula is C12H20Si. The lowest BCUT2D eigenvalue weighted by atomic mass is 10.6. The van der Waals surface area contributed by atoms with Crippen LogP contribution in [0.2, 0.25) is 12.1 Å². The summed E-state index contributed by atoms with van der Waals surface area (Å²) < 4.78 is 0. The summed E-state index contributed by atoms with van der Waals surface area (Å²) in [6, 6.07) is 2.25. The van der Waals surface area contributed by atoms with Crippen molar-refractivity contribution in [2.45, 2.75) is 25.9 Å². The van der Waals surface area contributed by atoms with Crippen molar-refractivity contribution in [2.24, 2.45) is 0 Å². The number of allylic oxidation sites excluding steroid dienone is 4. The molecule has 0 radical (unpaired) electrons.